The van der Waals surface area contributed by atoms with E-state index >= 15 is 0 Å². The smallest absolute Gasteiger partial charge is 0.356 e. The number of fused-ring (bicyclic) bond motifs is 1. The van der Waals surface area contributed by atoms with Crippen molar-refractivity contribution in [2.75, 3.05) is 18.6 Å². The van der Waals surface area contributed by atoms with E-state index in [2.05, 4.69) is 22.0 Å². The molecule has 1 aliphatic rings. The molecule has 1 aliphatic heterocycles. The molecule has 2 heterocycles. The van der Waals surface area contributed by atoms with Crippen molar-refractivity contribution in [3.05, 3.63) is 88.2 Å². The number of methoxy groups -OCH3 is 1. The van der Waals surface area contributed by atoms with E-state index in [0.29, 0.717) is 29.6 Å². The Morgan fingerprint density at radius 3 is 2.70 bits per heavy atom. The molecule has 1 atom stereocenters. The van der Waals surface area contributed by atoms with Gasteiger partial charge in [-0.3, -0.25) is 0 Å². The fourth-order valence-corrected chi connectivity index (χ4v) is 4.11. The lowest BCUT2D eigenvalue weighted by Crippen LogP contribution is -2.25. The normalized spacial score (nSPS) is 15.0. The Morgan fingerprint density at radius 2 is 1.97 bits per heavy atom. The summed E-state index contributed by atoms with van der Waals surface area (Å²) in [6.07, 6.45) is 0.841. The van der Waals surface area contributed by atoms with Gasteiger partial charge in [-0.2, -0.15) is 0 Å². The van der Waals surface area contributed by atoms with Crippen molar-refractivity contribution < 1.29 is 14.3 Å². The number of nitrogens with zero attached hydrogens (tertiary/aromatic N) is 2. The SMILES string of the molecule is CCOc1cc2c(cc1Cl)N(Cc1cccc(C(=O)OC)n1)C(c1ccccc1)C2. The van der Waals surface area contributed by atoms with E-state index in [9.17, 15) is 4.79 Å². The summed E-state index contributed by atoms with van der Waals surface area (Å²) in [6.45, 7) is 3.05. The molecule has 0 fully saturated rings. The van der Waals surface area contributed by atoms with E-state index in [1.165, 1.54) is 18.2 Å². The summed E-state index contributed by atoms with van der Waals surface area (Å²) in [5.74, 6) is 0.264. The average molecular weight is 423 g/mol. The molecule has 6 heteroatoms. The molecule has 0 saturated heterocycles. The maximum atomic E-state index is 11.9. The Kier molecular flexibility index (Phi) is 5.91. The summed E-state index contributed by atoms with van der Waals surface area (Å²) in [6, 6.07) is 19.9. The van der Waals surface area contributed by atoms with Crippen molar-refractivity contribution in [1.82, 2.24) is 4.98 Å². The van der Waals surface area contributed by atoms with Gasteiger partial charge in [0.15, 0.2) is 0 Å². The minimum atomic E-state index is -0.442. The van der Waals surface area contributed by atoms with Gasteiger partial charge in [0.1, 0.15) is 11.4 Å². The predicted octanol–water partition coefficient (Wildman–Crippen LogP) is 5.22. The van der Waals surface area contributed by atoms with E-state index in [1.54, 1.807) is 6.07 Å². The molecule has 0 saturated carbocycles. The number of benzene rings is 2. The van der Waals surface area contributed by atoms with Crippen LogP contribution >= 0.6 is 11.6 Å². The molecule has 0 bridgehead atoms. The lowest BCUT2D eigenvalue weighted by molar-refractivity contribution is 0.0593. The van der Waals surface area contributed by atoms with E-state index in [4.69, 9.17) is 21.1 Å². The first-order valence-electron chi connectivity index (χ1n) is 9.91. The molecule has 1 unspecified atom stereocenters. The lowest BCUT2D eigenvalue weighted by Gasteiger charge is -2.28. The third-order valence-corrected chi connectivity index (χ3v) is 5.55. The van der Waals surface area contributed by atoms with Crippen LogP contribution in [0.1, 0.15) is 40.3 Å². The van der Waals surface area contributed by atoms with Crippen LogP contribution in [0.4, 0.5) is 5.69 Å². The largest absolute Gasteiger partial charge is 0.492 e. The van der Waals surface area contributed by atoms with Crippen molar-refractivity contribution in [3.63, 3.8) is 0 Å². The number of carbonyl (C=O) groups excluding carboxylic acids is 1. The summed E-state index contributed by atoms with van der Waals surface area (Å²) < 4.78 is 10.5. The van der Waals surface area contributed by atoms with Crippen molar-refractivity contribution in [3.8, 4) is 5.75 Å². The maximum absolute atomic E-state index is 11.9. The number of rotatable bonds is 6. The first-order chi connectivity index (χ1) is 14.6. The molecule has 30 heavy (non-hydrogen) atoms. The van der Waals surface area contributed by atoms with Gasteiger partial charge in [-0.05, 0) is 48.7 Å². The van der Waals surface area contributed by atoms with E-state index in [-0.39, 0.29) is 6.04 Å². The summed E-state index contributed by atoms with van der Waals surface area (Å²) in [4.78, 5) is 18.7. The summed E-state index contributed by atoms with van der Waals surface area (Å²) >= 11 is 6.51. The minimum absolute atomic E-state index is 0.137. The third kappa shape index (κ3) is 3.98. The molecule has 3 aromatic rings. The Bertz CT molecular complexity index is 1060. The van der Waals surface area contributed by atoms with Crippen LogP contribution in [0.25, 0.3) is 0 Å². The Hall–Kier alpha value is -3.05. The fourth-order valence-electron chi connectivity index (χ4n) is 3.90. The Labute approximate surface area is 181 Å². The van der Waals surface area contributed by atoms with Gasteiger partial charge in [0.05, 0.1) is 37.0 Å². The highest BCUT2D eigenvalue weighted by Gasteiger charge is 2.32. The Balaban J connectivity index is 1.73. The average Bonchev–Trinajstić information content (AvgIpc) is 3.11. The number of ether oxygens (including phenoxy) is 2. The van der Waals surface area contributed by atoms with Gasteiger partial charge in [-0.25, -0.2) is 9.78 Å². The van der Waals surface area contributed by atoms with Gasteiger partial charge in [0.2, 0.25) is 0 Å². The highest BCUT2D eigenvalue weighted by molar-refractivity contribution is 6.32. The zero-order valence-corrected chi connectivity index (χ0v) is 17.7. The predicted molar refractivity (Wildman–Crippen MR) is 117 cm³/mol. The number of anilines is 1. The number of hydrogen-bond donors (Lipinski definition) is 0. The van der Waals surface area contributed by atoms with Gasteiger partial charge >= 0.3 is 5.97 Å². The second kappa shape index (κ2) is 8.76. The van der Waals surface area contributed by atoms with Crippen LogP contribution in [0.15, 0.2) is 60.7 Å². The van der Waals surface area contributed by atoms with Crippen molar-refractivity contribution in [2.45, 2.75) is 25.9 Å². The summed E-state index contributed by atoms with van der Waals surface area (Å²) in [5.41, 5.74) is 4.54. The molecular formula is C24H23ClN2O3. The molecule has 0 amide bonds. The second-order valence-electron chi connectivity index (χ2n) is 7.11. The summed E-state index contributed by atoms with van der Waals surface area (Å²) in [7, 11) is 1.36. The molecule has 1 aromatic heterocycles. The zero-order chi connectivity index (χ0) is 21.1. The number of esters is 1. The van der Waals surface area contributed by atoms with Gasteiger partial charge in [-0.1, -0.05) is 48.0 Å². The monoisotopic (exact) mass is 422 g/mol. The van der Waals surface area contributed by atoms with Crippen LogP contribution < -0.4 is 9.64 Å². The molecule has 2 aromatic carbocycles. The van der Waals surface area contributed by atoms with Gasteiger partial charge in [-0.15, -0.1) is 0 Å². The van der Waals surface area contributed by atoms with Crippen molar-refractivity contribution in [2.24, 2.45) is 0 Å². The van der Waals surface area contributed by atoms with Gasteiger partial charge < -0.3 is 14.4 Å². The standard InChI is InChI=1S/C24H23ClN2O3/c1-3-30-23-13-17-12-21(16-8-5-4-6-9-16)27(22(17)14-19(23)25)15-18-10-7-11-20(26-18)24(28)29-2/h4-11,13-14,21H,3,12,15H2,1-2H3. The van der Waals surface area contributed by atoms with Crippen LogP contribution in [0.2, 0.25) is 5.02 Å². The zero-order valence-electron chi connectivity index (χ0n) is 17.0. The quantitative estimate of drug-likeness (QED) is 0.509. The molecule has 0 spiro atoms. The van der Waals surface area contributed by atoms with Crippen LogP contribution in [0.5, 0.6) is 5.75 Å². The third-order valence-electron chi connectivity index (χ3n) is 5.25. The van der Waals surface area contributed by atoms with E-state index < -0.39 is 5.97 Å². The minimum Gasteiger partial charge on any atom is -0.492 e. The van der Waals surface area contributed by atoms with Gasteiger partial charge in [0, 0.05) is 5.69 Å². The summed E-state index contributed by atoms with van der Waals surface area (Å²) in [5, 5.41) is 0.589. The molecular weight excluding hydrogens is 400 g/mol. The number of pyridine rings is 1. The van der Waals surface area contributed by atoms with Crippen LogP contribution in [-0.2, 0) is 17.7 Å². The number of hydrogen-bond acceptors (Lipinski definition) is 5. The molecule has 154 valence electrons. The molecule has 0 aliphatic carbocycles. The van der Waals surface area contributed by atoms with Crippen LogP contribution in [-0.4, -0.2) is 24.7 Å². The topological polar surface area (TPSA) is 51.7 Å². The molecule has 0 N–H and O–H groups in total. The lowest BCUT2D eigenvalue weighted by atomic mass is 10.0. The highest BCUT2D eigenvalue weighted by Crippen LogP contribution is 2.45. The molecule has 4 rings (SSSR count). The first-order valence-corrected chi connectivity index (χ1v) is 10.3. The molecule has 0 radical (unpaired) electrons. The number of halogens is 1. The fraction of sp³-hybridized carbons (Fsp3) is 0.250. The maximum Gasteiger partial charge on any atom is 0.356 e. The van der Waals surface area contributed by atoms with Crippen molar-refractivity contribution >= 4 is 23.3 Å². The van der Waals surface area contributed by atoms with E-state index in [0.717, 1.165) is 17.8 Å². The second-order valence-corrected chi connectivity index (χ2v) is 7.52. The number of carbonyl (C=O) groups is 1. The van der Waals surface area contributed by atoms with Crippen LogP contribution in [0, 0.1) is 0 Å². The van der Waals surface area contributed by atoms with Gasteiger partial charge in [0.25, 0.3) is 0 Å². The molecule has 5 nitrogen and oxygen atoms in total. The number of aromatic nitrogens is 1. The first kappa shape index (κ1) is 20.2. The van der Waals surface area contributed by atoms with Crippen LogP contribution in [0.3, 0.4) is 0 Å². The van der Waals surface area contributed by atoms with E-state index in [1.807, 2.05) is 49.4 Å². The van der Waals surface area contributed by atoms with Crippen molar-refractivity contribution in [1.29, 1.82) is 0 Å². The Morgan fingerprint density at radius 1 is 1.17 bits per heavy atom. The highest BCUT2D eigenvalue weighted by atomic mass is 35.5.